The van der Waals surface area contributed by atoms with E-state index in [1.54, 1.807) is 12.1 Å². The van der Waals surface area contributed by atoms with Gasteiger partial charge < -0.3 is 18.9 Å². The van der Waals surface area contributed by atoms with Crippen LogP contribution in [0.2, 0.25) is 5.02 Å². The zero-order valence-electron chi connectivity index (χ0n) is 17.6. The Morgan fingerprint density at radius 2 is 1.88 bits per heavy atom. The van der Waals surface area contributed by atoms with Crippen molar-refractivity contribution in [2.75, 3.05) is 19.8 Å². The number of nitrogens with zero attached hydrogens (tertiary/aromatic N) is 3. The number of carbonyl (C=O) groups is 1. The third-order valence-corrected chi connectivity index (χ3v) is 6.10. The third kappa shape index (κ3) is 4.43. The molecule has 1 amide bonds. The molecule has 0 N–H and O–H groups in total. The number of benzene rings is 2. The lowest BCUT2D eigenvalue weighted by atomic mass is 10.0. The van der Waals surface area contributed by atoms with Crippen molar-refractivity contribution in [2.24, 2.45) is 0 Å². The summed E-state index contributed by atoms with van der Waals surface area (Å²) in [5.74, 6) is 2.57. The van der Waals surface area contributed by atoms with Crippen molar-refractivity contribution in [3.8, 4) is 22.9 Å². The van der Waals surface area contributed by atoms with Crippen LogP contribution in [0.4, 0.5) is 0 Å². The molecule has 0 aliphatic carbocycles. The number of fused-ring (bicyclic) bond motifs is 1. The van der Waals surface area contributed by atoms with E-state index in [-0.39, 0.29) is 11.9 Å². The molecule has 1 unspecified atom stereocenters. The summed E-state index contributed by atoms with van der Waals surface area (Å²) in [7, 11) is 0. The number of aryl methyl sites for hydroxylation is 1. The molecular weight excluding hydrogens is 430 g/mol. The van der Waals surface area contributed by atoms with Gasteiger partial charge in [0.2, 0.25) is 17.6 Å². The Bertz CT molecular complexity index is 1100. The van der Waals surface area contributed by atoms with Gasteiger partial charge in [0.05, 0.1) is 19.3 Å². The van der Waals surface area contributed by atoms with Crippen molar-refractivity contribution in [1.82, 2.24) is 15.0 Å². The van der Waals surface area contributed by atoms with Crippen LogP contribution in [0, 0.1) is 0 Å². The topological polar surface area (TPSA) is 77.7 Å². The molecule has 0 radical (unpaired) electrons. The summed E-state index contributed by atoms with van der Waals surface area (Å²) in [6, 6.07) is 13.3. The molecule has 1 saturated heterocycles. The lowest BCUT2D eigenvalue weighted by Gasteiger charge is -2.25. The lowest BCUT2D eigenvalue weighted by molar-refractivity contribution is -0.132. The van der Waals surface area contributed by atoms with E-state index >= 15 is 0 Å². The maximum atomic E-state index is 13.0. The molecule has 7 nitrogen and oxygen atoms in total. The van der Waals surface area contributed by atoms with Gasteiger partial charge in [0, 0.05) is 36.4 Å². The monoisotopic (exact) mass is 453 g/mol. The first kappa shape index (κ1) is 20.8. The number of hydrogen-bond donors (Lipinski definition) is 0. The molecule has 1 aromatic heterocycles. The number of hydrogen-bond acceptors (Lipinski definition) is 6. The standard InChI is InChI=1S/C24H24ClN3O4/c25-18-7-4-16(5-8-18)24-26-22(32-27-24)10-11-23(29)28-12-1-3-19(28)17-6-9-20-21(15-17)31-14-2-13-30-20/h4-9,15,19H,1-3,10-14H2. The number of aromatic nitrogens is 2. The van der Waals surface area contributed by atoms with Crippen molar-refractivity contribution in [3.05, 3.63) is 58.9 Å². The fourth-order valence-electron chi connectivity index (χ4n) is 4.23. The molecule has 2 aromatic carbocycles. The number of amides is 1. The van der Waals surface area contributed by atoms with Gasteiger partial charge in [-0.1, -0.05) is 22.8 Å². The van der Waals surface area contributed by atoms with E-state index in [4.69, 9.17) is 25.6 Å². The maximum Gasteiger partial charge on any atom is 0.227 e. The summed E-state index contributed by atoms with van der Waals surface area (Å²) < 4.78 is 16.9. The van der Waals surface area contributed by atoms with Gasteiger partial charge in [-0.25, -0.2) is 0 Å². The Kier molecular flexibility index (Phi) is 5.99. The predicted molar refractivity (Wildman–Crippen MR) is 119 cm³/mol. The van der Waals surface area contributed by atoms with Gasteiger partial charge in [0.25, 0.3) is 0 Å². The van der Waals surface area contributed by atoms with Crippen molar-refractivity contribution < 1.29 is 18.8 Å². The first-order chi connectivity index (χ1) is 15.7. The van der Waals surface area contributed by atoms with E-state index in [0.29, 0.717) is 42.8 Å². The van der Waals surface area contributed by atoms with Crippen LogP contribution in [0.1, 0.15) is 43.2 Å². The molecule has 3 aromatic rings. The van der Waals surface area contributed by atoms with Crippen LogP contribution < -0.4 is 9.47 Å². The van der Waals surface area contributed by atoms with Gasteiger partial charge in [0.1, 0.15) is 0 Å². The lowest BCUT2D eigenvalue weighted by Crippen LogP contribution is -2.30. The zero-order valence-corrected chi connectivity index (χ0v) is 18.4. The maximum absolute atomic E-state index is 13.0. The van der Waals surface area contributed by atoms with E-state index in [9.17, 15) is 4.79 Å². The first-order valence-corrected chi connectivity index (χ1v) is 11.3. The summed E-state index contributed by atoms with van der Waals surface area (Å²) in [5, 5.41) is 4.67. The summed E-state index contributed by atoms with van der Waals surface area (Å²) >= 11 is 5.93. The number of halogens is 1. The molecule has 5 rings (SSSR count). The van der Waals surface area contributed by atoms with Crippen LogP contribution in [-0.2, 0) is 11.2 Å². The molecule has 1 atom stereocenters. The SMILES string of the molecule is O=C(CCc1nc(-c2ccc(Cl)cc2)no1)N1CCCC1c1ccc2c(c1)OCCCO2. The third-order valence-electron chi connectivity index (χ3n) is 5.85. The minimum Gasteiger partial charge on any atom is -0.490 e. The van der Waals surface area contributed by atoms with Gasteiger partial charge in [0.15, 0.2) is 11.5 Å². The number of rotatable bonds is 5. The van der Waals surface area contributed by atoms with E-state index in [1.165, 1.54) is 0 Å². The summed E-state index contributed by atoms with van der Waals surface area (Å²) in [6.07, 6.45) is 3.51. The first-order valence-electron chi connectivity index (χ1n) is 10.9. The summed E-state index contributed by atoms with van der Waals surface area (Å²) in [6.45, 7) is 2.06. The summed E-state index contributed by atoms with van der Waals surface area (Å²) in [5.41, 5.74) is 1.91. The average Bonchev–Trinajstić information content (AvgIpc) is 3.43. The van der Waals surface area contributed by atoms with E-state index in [0.717, 1.165) is 48.4 Å². The normalized spacial score (nSPS) is 17.9. The van der Waals surface area contributed by atoms with Crippen molar-refractivity contribution in [2.45, 2.75) is 38.1 Å². The molecule has 1 fully saturated rings. The molecule has 2 aliphatic rings. The minimum atomic E-state index is 0.0481. The van der Waals surface area contributed by atoms with E-state index < -0.39 is 0 Å². The number of likely N-dealkylation sites (tertiary alicyclic amines) is 1. The highest BCUT2D eigenvalue weighted by molar-refractivity contribution is 6.30. The van der Waals surface area contributed by atoms with Crippen molar-refractivity contribution >= 4 is 17.5 Å². The highest BCUT2D eigenvalue weighted by Gasteiger charge is 2.30. The molecule has 0 spiro atoms. The Balaban J connectivity index is 1.24. The van der Waals surface area contributed by atoms with Crippen LogP contribution in [0.25, 0.3) is 11.4 Å². The molecule has 3 heterocycles. The Labute approximate surface area is 191 Å². The molecule has 0 saturated carbocycles. The largest absolute Gasteiger partial charge is 0.490 e. The second kappa shape index (κ2) is 9.20. The van der Waals surface area contributed by atoms with Crippen LogP contribution in [0.15, 0.2) is 47.0 Å². The summed E-state index contributed by atoms with van der Waals surface area (Å²) in [4.78, 5) is 19.4. The number of carbonyl (C=O) groups excluding carboxylic acids is 1. The highest BCUT2D eigenvalue weighted by atomic mass is 35.5. The fraction of sp³-hybridized carbons (Fsp3) is 0.375. The smallest absolute Gasteiger partial charge is 0.227 e. The van der Waals surface area contributed by atoms with Gasteiger partial charge in [-0.05, 0) is 54.8 Å². The molecular formula is C24H24ClN3O4. The van der Waals surface area contributed by atoms with Gasteiger partial charge >= 0.3 is 0 Å². The number of ether oxygens (including phenoxy) is 2. The fourth-order valence-corrected chi connectivity index (χ4v) is 4.36. The highest BCUT2D eigenvalue weighted by Crippen LogP contribution is 2.38. The molecule has 166 valence electrons. The molecule has 8 heteroatoms. The van der Waals surface area contributed by atoms with Crippen molar-refractivity contribution in [1.29, 1.82) is 0 Å². The van der Waals surface area contributed by atoms with Gasteiger partial charge in [-0.2, -0.15) is 4.98 Å². The predicted octanol–water partition coefficient (Wildman–Crippen LogP) is 4.85. The average molecular weight is 454 g/mol. The minimum absolute atomic E-state index is 0.0481. The van der Waals surface area contributed by atoms with Crippen LogP contribution >= 0.6 is 11.6 Å². The second-order valence-electron chi connectivity index (χ2n) is 8.02. The van der Waals surface area contributed by atoms with Crippen LogP contribution in [0.5, 0.6) is 11.5 Å². The van der Waals surface area contributed by atoms with Crippen LogP contribution in [-0.4, -0.2) is 40.7 Å². The Morgan fingerprint density at radius 3 is 2.72 bits per heavy atom. The zero-order chi connectivity index (χ0) is 21.9. The Hall–Kier alpha value is -3.06. The van der Waals surface area contributed by atoms with Gasteiger partial charge in [-0.3, -0.25) is 4.79 Å². The van der Waals surface area contributed by atoms with Gasteiger partial charge in [-0.15, -0.1) is 0 Å². The quantitative estimate of drug-likeness (QED) is 0.549. The molecule has 2 aliphatic heterocycles. The Morgan fingerprint density at radius 1 is 1.06 bits per heavy atom. The second-order valence-corrected chi connectivity index (χ2v) is 8.46. The van der Waals surface area contributed by atoms with Crippen LogP contribution in [0.3, 0.4) is 0 Å². The molecule has 0 bridgehead atoms. The van der Waals surface area contributed by atoms with E-state index in [1.807, 2.05) is 35.2 Å². The van der Waals surface area contributed by atoms with E-state index in [2.05, 4.69) is 10.1 Å². The molecule has 32 heavy (non-hydrogen) atoms. The van der Waals surface area contributed by atoms with Crippen molar-refractivity contribution in [3.63, 3.8) is 0 Å².